The van der Waals surface area contributed by atoms with Crippen LogP contribution in [0.5, 0.6) is 11.5 Å². The summed E-state index contributed by atoms with van der Waals surface area (Å²) in [4.78, 5) is 17.6. The van der Waals surface area contributed by atoms with Crippen molar-refractivity contribution in [1.82, 2.24) is 9.80 Å². The number of hydrogen-bond donors (Lipinski definition) is 0. The number of methoxy groups -OCH3 is 2. The van der Waals surface area contributed by atoms with Crippen molar-refractivity contribution in [2.45, 2.75) is 64.1 Å². The number of amides is 1. The second-order valence-corrected chi connectivity index (χ2v) is 9.22. The first kappa shape index (κ1) is 20.8. The van der Waals surface area contributed by atoms with Crippen LogP contribution in [-0.4, -0.2) is 55.1 Å². The van der Waals surface area contributed by atoms with Crippen LogP contribution in [0, 0.1) is 11.8 Å². The van der Waals surface area contributed by atoms with Gasteiger partial charge in [0.25, 0.3) is 0 Å². The molecule has 0 spiro atoms. The van der Waals surface area contributed by atoms with E-state index in [0.717, 1.165) is 57.3 Å². The SMILES string of the molecule is CCC[C@H]1[C@H]2C[C@H](CN(Cc3ccc(OC)c(OC)c3Cl)C2)[C@@H]2CCCC(=O)N21. The van der Waals surface area contributed by atoms with Crippen molar-refractivity contribution in [3.8, 4) is 11.5 Å². The Kier molecular flexibility index (Phi) is 6.26. The van der Waals surface area contributed by atoms with E-state index in [9.17, 15) is 4.79 Å². The summed E-state index contributed by atoms with van der Waals surface area (Å²) in [6.45, 7) is 5.11. The van der Waals surface area contributed by atoms with Crippen LogP contribution < -0.4 is 9.47 Å². The van der Waals surface area contributed by atoms with E-state index in [2.05, 4.69) is 16.7 Å². The van der Waals surface area contributed by atoms with Gasteiger partial charge in [-0.1, -0.05) is 31.0 Å². The van der Waals surface area contributed by atoms with E-state index in [-0.39, 0.29) is 0 Å². The van der Waals surface area contributed by atoms with Crippen molar-refractivity contribution in [3.05, 3.63) is 22.7 Å². The molecule has 3 fully saturated rings. The lowest BCUT2D eigenvalue weighted by atomic mass is 9.71. The zero-order chi connectivity index (χ0) is 20.5. The number of piperidine rings is 3. The van der Waals surface area contributed by atoms with Gasteiger partial charge in [0.05, 0.1) is 19.2 Å². The molecule has 29 heavy (non-hydrogen) atoms. The van der Waals surface area contributed by atoms with Gasteiger partial charge >= 0.3 is 0 Å². The summed E-state index contributed by atoms with van der Waals surface area (Å²) >= 11 is 6.66. The molecular formula is C23H33ClN2O3. The summed E-state index contributed by atoms with van der Waals surface area (Å²) in [5.74, 6) is 2.80. The van der Waals surface area contributed by atoms with Crippen LogP contribution in [0.1, 0.15) is 51.0 Å². The Morgan fingerprint density at radius 1 is 1.17 bits per heavy atom. The van der Waals surface area contributed by atoms with E-state index < -0.39 is 0 Å². The minimum atomic E-state index is 0.394. The van der Waals surface area contributed by atoms with Crippen LogP contribution in [-0.2, 0) is 11.3 Å². The zero-order valence-corrected chi connectivity index (χ0v) is 18.6. The first-order chi connectivity index (χ1) is 14.1. The van der Waals surface area contributed by atoms with Crippen molar-refractivity contribution in [2.24, 2.45) is 11.8 Å². The summed E-state index contributed by atoms with van der Waals surface area (Å²) in [5, 5.41) is 0.641. The molecule has 1 aromatic carbocycles. The van der Waals surface area contributed by atoms with Gasteiger partial charge in [0, 0.05) is 38.1 Å². The molecule has 0 radical (unpaired) electrons. The fourth-order valence-corrected chi connectivity index (χ4v) is 6.26. The maximum absolute atomic E-state index is 12.8. The number of fused-ring (bicyclic) bond motifs is 4. The third-order valence-electron chi connectivity index (χ3n) is 7.12. The highest BCUT2D eigenvalue weighted by Gasteiger charge is 2.48. The number of rotatable bonds is 6. The number of likely N-dealkylation sites (tertiary alicyclic amines) is 1. The maximum atomic E-state index is 12.8. The number of carbonyl (C=O) groups is 1. The second-order valence-electron chi connectivity index (χ2n) is 8.84. The molecule has 2 bridgehead atoms. The van der Waals surface area contributed by atoms with Crippen LogP contribution >= 0.6 is 11.6 Å². The summed E-state index contributed by atoms with van der Waals surface area (Å²) in [6.07, 6.45) is 6.45. The van der Waals surface area contributed by atoms with Gasteiger partial charge in [-0.15, -0.1) is 0 Å². The van der Waals surface area contributed by atoms with E-state index in [1.807, 2.05) is 12.1 Å². The molecule has 0 saturated carbocycles. The van der Waals surface area contributed by atoms with Gasteiger partial charge in [-0.2, -0.15) is 0 Å². The van der Waals surface area contributed by atoms with Crippen molar-refractivity contribution >= 4 is 17.5 Å². The topological polar surface area (TPSA) is 42.0 Å². The number of nitrogens with zero attached hydrogens (tertiary/aromatic N) is 2. The molecule has 3 saturated heterocycles. The zero-order valence-electron chi connectivity index (χ0n) is 17.8. The molecule has 3 aliphatic heterocycles. The first-order valence-corrected chi connectivity index (χ1v) is 11.4. The van der Waals surface area contributed by atoms with E-state index in [1.165, 1.54) is 6.42 Å². The Bertz CT molecular complexity index is 756. The molecule has 1 amide bonds. The third-order valence-corrected chi connectivity index (χ3v) is 7.53. The van der Waals surface area contributed by atoms with Crippen LogP contribution in [0.2, 0.25) is 5.02 Å². The number of carbonyl (C=O) groups excluding carboxylic acids is 1. The van der Waals surface area contributed by atoms with Gasteiger partial charge in [-0.25, -0.2) is 0 Å². The van der Waals surface area contributed by atoms with Crippen molar-refractivity contribution in [3.63, 3.8) is 0 Å². The average Bonchev–Trinajstić information content (AvgIpc) is 2.72. The fraction of sp³-hybridized carbons (Fsp3) is 0.696. The minimum Gasteiger partial charge on any atom is -0.493 e. The van der Waals surface area contributed by atoms with Crippen LogP contribution in [0.4, 0.5) is 0 Å². The number of hydrogen-bond acceptors (Lipinski definition) is 4. The lowest BCUT2D eigenvalue weighted by Gasteiger charge is -2.57. The number of ether oxygens (including phenoxy) is 2. The quantitative estimate of drug-likeness (QED) is 0.685. The Labute approximate surface area is 179 Å². The van der Waals surface area contributed by atoms with Crippen LogP contribution in [0.15, 0.2) is 12.1 Å². The Morgan fingerprint density at radius 2 is 1.97 bits per heavy atom. The van der Waals surface area contributed by atoms with Gasteiger partial charge in [0.1, 0.15) is 0 Å². The fourth-order valence-electron chi connectivity index (χ4n) is 5.96. The third kappa shape index (κ3) is 3.84. The largest absolute Gasteiger partial charge is 0.493 e. The average molecular weight is 421 g/mol. The standard InChI is InChI=1S/C23H33ClN2O3/c1-4-6-18-16-11-17(19-7-5-8-21(27)26(18)19)14-25(13-16)12-15-9-10-20(28-2)23(29-3)22(15)24/h9-10,16-19H,4-8,11-14H2,1-3H3/t16-,17+,18-,19-/m0/s1. The van der Waals surface area contributed by atoms with Crippen molar-refractivity contribution in [1.29, 1.82) is 0 Å². The first-order valence-electron chi connectivity index (χ1n) is 11.0. The molecule has 6 heteroatoms. The highest BCUT2D eigenvalue weighted by atomic mass is 35.5. The predicted molar refractivity (Wildman–Crippen MR) is 115 cm³/mol. The second kappa shape index (κ2) is 8.73. The molecule has 0 aliphatic carbocycles. The van der Waals surface area contributed by atoms with E-state index in [1.54, 1.807) is 14.2 Å². The Hall–Kier alpha value is -1.46. The van der Waals surface area contributed by atoms with Crippen molar-refractivity contribution in [2.75, 3.05) is 27.3 Å². The molecule has 0 unspecified atom stereocenters. The summed E-state index contributed by atoms with van der Waals surface area (Å²) in [6, 6.07) is 4.81. The highest BCUT2D eigenvalue weighted by molar-refractivity contribution is 6.33. The number of benzene rings is 1. The van der Waals surface area contributed by atoms with Gasteiger partial charge in [0.15, 0.2) is 11.5 Å². The summed E-state index contributed by atoms with van der Waals surface area (Å²) < 4.78 is 10.9. The van der Waals surface area contributed by atoms with Crippen molar-refractivity contribution < 1.29 is 14.3 Å². The van der Waals surface area contributed by atoms with Gasteiger partial charge in [-0.3, -0.25) is 9.69 Å². The summed E-state index contributed by atoms with van der Waals surface area (Å²) in [5.41, 5.74) is 1.08. The highest BCUT2D eigenvalue weighted by Crippen LogP contribution is 2.44. The molecule has 3 heterocycles. The van der Waals surface area contributed by atoms with E-state index >= 15 is 0 Å². The van der Waals surface area contributed by atoms with Gasteiger partial charge in [-0.05, 0) is 49.1 Å². The Balaban J connectivity index is 1.56. The van der Waals surface area contributed by atoms with E-state index in [0.29, 0.717) is 46.3 Å². The Morgan fingerprint density at radius 3 is 2.69 bits per heavy atom. The molecule has 0 N–H and O–H groups in total. The molecule has 4 atom stereocenters. The van der Waals surface area contributed by atoms with Gasteiger partial charge in [0.2, 0.25) is 5.91 Å². The monoisotopic (exact) mass is 420 g/mol. The van der Waals surface area contributed by atoms with E-state index in [4.69, 9.17) is 21.1 Å². The molecule has 3 aliphatic rings. The number of halogens is 1. The smallest absolute Gasteiger partial charge is 0.223 e. The molecule has 5 nitrogen and oxygen atoms in total. The van der Waals surface area contributed by atoms with Gasteiger partial charge < -0.3 is 14.4 Å². The minimum absolute atomic E-state index is 0.394. The molecule has 1 aromatic rings. The lowest BCUT2D eigenvalue weighted by molar-refractivity contribution is -0.153. The van der Waals surface area contributed by atoms with Crippen LogP contribution in [0.25, 0.3) is 0 Å². The molecule has 160 valence electrons. The molecule has 4 rings (SSSR count). The van der Waals surface area contributed by atoms with Crippen LogP contribution in [0.3, 0.4) is 0 Å². The summed E-state index contributed by atoms with van der Waals surface area (Å²) in [7, 11) is 3.26. The lowest BCUT2D eigenvalue weighted by Crippen LogP contribution is -2.64. The maximum Gasteiger partial charge on any atom is 0.223 e. The normalized spacial score (nSPS) is 29.5. The molecule has 0 aromatic heterocycles. The molecular weight excluding hydrogens is 388 g/mol. The predicted octanol–water partition coefficient (Wildman–Crippen LogP) is 4.36.